The Bertz CT molecular complexity index is 593. The molecule has 1 aliphatic rings. The fourth-order valence-corrected chi connectivity index (χ4v) is 2.94. The Morgan fingerprint density at radius 3 is 2.54 bits per heavy atom. The van der Waals surface area contributed by atoms with E-state index in [0.29, 0.717) is 17.2 Å². The first-order valence-electron chi connectivity index (χ1n) is 8.65. The Labute approximate surface area is 144 Å². The number of amides is 2. The molecule has 5 nitrogen and oxygen atoms in total. The van der Waals surface area contributed by atoms with E-state index in [-0.39, 0.29) is 11.9 Å². The van der Waals surface area contributed by atoms with Crippen LogP contribution in [0.3, 0.4) is 0 Å². The highest BCUT2D eigenvalue weighted by Gasteiger charge is 2.23. The molecule has 2 amide bonds. The Hall–Kier alpha value is -2.04. The number of anilines is 1. The van der Waals surface area contributed by atoms with Crippen molar-refractivity contribution in [1.82, 2.24) is 5.32 Å². The summed E-state index contributed by atoms with van der Waals surface area (Å²) in [5.74, 6) is 0.410. The highest BCUT2D eigenvalue weighted by molar-refractivity contribution is 5.96. The Morgan fingerprint density at radius 1 is 1.17 bits per heavy atom. The molecule has 1 aromatic carbocycles. The van der Waals surface area contributed by atoms with Crippen LogP contribution in [-0.4, -0.2) is 23.6 Å². The van der Waals surface area contributed by atoms with Crippen molar-refractivity contribution in [3.63, 3.8) is 0 Å². The second-order valence-electron chi connectivity index (χ2n) is 7.55. The van der Waals surface area contributed by atoms with Gasteiger partial charge in [0.15, 0.2) is 0 Å². The number of rotatable bonds is 3. The van der Waals surface area contributed by atoms with Crippen LogP contribution in [0.1, 0.15) is 63.7 Å². The SMILES string of the molecule is C[C@@H]1CCCC[C@H]1NC(=O)c1cccc(NC(=O)OC(C)(C)C)c1. The minimum Gasteiger partial charge on any atom is -0.444 e. The lowest BCUT2D eigenvalue weighted by molar-refractivity contribution is 0.0635. The van der Waals surface area contributed by atoms with Crippen molar-refractivity contribution in [2.75, 3.05) is 5.32 Å². The molecular weight excluding hydrogens is 304 g/mol. The molecule has 132 valence electrons. The zero-order chi connectivity index (χ0) is 17.7. The maximum atomic E-state index is 12.5. The predicted molar refractivity (Wildman–Crippen MR) is 95.2 cm³/mol. The highest BCUT2D eigenvalue weighted by atomic mass is 16.6. The molecular formula is C19H28N2O3. The van der Waals surface area contributed by atoms with Crippen LogP contribution in [0.5, 0.6) is 0 Å². The number of carbonyl (C=O) groups is 2. The Morgan fingerprint density at radius 2 is 1.88 bits per heavy atom. The van der Waals surface area contributed by atoms with Crippen LogP contribution in [0.15, 0.2) is 24.3 Å². The quantitative estimate of drug-likeness (QED) is 0.865. The molecule has 1 saturated carbocycles. The molecule has 0 aliphatic heterocycles. The zero-order valence-electron chi connectivity index (χ0n) is 15.0. The van der Waals surface area contributed by atoms with Crippen LogP contribution < -0.4 is 10.6 Å². The van der Waals surface area contributed by atoms with Crippen molar-refractivity contribution in [2.24, 2.45) is 5.92 Å². The number of nitrogens with one attached hydrogen (secondary N) is 2. The second-order valence-corrected chi connectivity index (χ2v) is 7.55. The number of carbonyl (C=O) groups excluding carboxylic acids is 2. The van der Waals surface area contributed by atoms with Gasteiger partial charge in [-0.25, -0.2) is 4.79 Å². The van der Waals surface area contributed by atoms with Crippen molar-refractivity contribution in [2.45, 2.75) is 65.0 Å². The Balaban J connectivity index is 1.98. The molecule has 5 heteroatoms. The molecule has 0 saturated heterocycles. The van der Waals surface area contributed by atoms with Crippen LogP contribution in [0.25, 0.3) is 0 Å². The summed E-state index contributed by atoms with van der Waals surface area (Å²) >= 11 is 0. The third-order valence-electron chi connectivity index (χ3n) is 4.20. The van der Waals surface area contributed by atoms with Gasteiger partial charge in [-0.3, -0.25) is 10.1 Å². The molecule has 0 aromatic heterocycles. The normalized spacial score (nSPS) is 21.0. The van der Waals surface area contributed by atoms with Crippen molar-refractivity contribution in [3.05, 3.63) is 29.8 Å². The summed E-state index contributed by atoms with van der Waals surface area (Å²) in [6.45, 7) is 7.61. The summed E-state index contributed by atoms with van der Waals surface area (Å²) in [5.41, 5.74) is 0.533. The topological polar surface area (TPSA) is 67.4 Å². The van der Waals surface area contributed by atoms with Gasteiger partial charge in [0.1, 0.15) is 5.60 Å². The molecule has 2 N–H and O–H groups in total. The van der Waals surface area contributed by atoms with Gasteiger partial charge in [-0.2, -0.15) is 0 Å². The smallest absolute Gasteiger partial charge is 0.412 e. The maximum absolute atomic E-state index is 12.5. The molecule has 1 aromatic rings. The third kappa shape index (κ3) is 5.55. The van der Waals surface area contributed by atoms with Gasteiger partial charge in [-0.05, 0) is 57.7 Å². The summed E-state index contributed by atoms with van der Waals surface area (Å²) < 4.78 is 5.23. The summed E-state index contributed by atoms with van der Waals surface area (Å²) in [6, 6.07) is 7.15. The number of hydrogen-bond acceptors (Lipinski definition) is 3. The van der Waals surface area contributed by atoms with Crippen molar-refractivity contribution < 1.29 is 14.3 Å². The van der Waals surface area contributed by atoms with E-state index >= 15 is 0 Å². The van der Waals surface area contributed by atoms with Crippen LogP contribution >= 0.6 is 0 Å². The first-order chi connectivity index (χ1) is 11.2. The highest BCUT2D eigenvalue weighted by Crippen LogP contribution is 2.24. The number of ether oxygens (including phenoxy) is 1. The van der Waals surface area contributed by atoms with E-state index in [1.807, 2.05) is 20.8 Å². The zero-order valence-corrected chi connectivity index (χ0v) is 15.0. The van der Waals surface area contributed by atoms with Crippen LogP contribution in [0.4, 0.5) is 10.5 Å². The van der Waals surface area contributed by atoms with E-state index in [0.717, 1.165) is 19.3 Å². The molecule has 0 radical (unpaired) electrons. The summed E-state index contributed by atoms with van der Waals surface area (Å²) in [7, 11) is 0. The third-order valence-corrected chi connectivity index (χ3v) is 4.20. The minimum absolute atomic E-state index is 0.0958. The maximum Gasteiger partial charge on any atom is 0.412 e. The van der Waals surface area contributed by atoms with Gasteiger partial charge in [0.25, 0.3) is 5.91 Å². The van der Waals surface area contributed by atoms with Crippen molar-refractivity contribution in [1.29, 1.82) is 0 Å². The van der Waals surface area contributed by atoms with E-state index in [1.54, 1.807) is 24.3 Å². The fourth-order valence-electron chi connectivity index (χ4n) is 2.94. The fraction of sp³-hybridized carbons (Fsp3) is 0.579. The largest absolute Gasteiger partial charge is 0.444 e. The molecule has 0 bridgehead atoms. The monoisotopic (exact) mass is 332 g/mol. The lowest BCUT2D eigenvalue weighted by Crippen LogP contribution is -2.41. The van der Waals surface area contributed by atoms with Gasteiger partial charge >= 0.3 is 6.09 Å². The van der Waals surface area contributed by atoms with Gasteiger partial charge in [0.05, 0.1) is 0 Å². The Kier molecular flexibility index (Phi) is 5.86. The predicted octanol–water partition coefficient (Wildman–Crippen LogP) is 4.34. The molecule has 0 heterocycles. The van der Waals surface area contributed by atoms with Crippen molar-refractivity contribution >= 4 is 17.7 Å². The van der Waals surface area contributed by atoms with Gasteiger partial charge < -0.3 is 10.1 Å². The van der Waals surface area contributed by atoms with E-state index < -0.39 is 11.7 Å². The van der Waals surface area contributed by atoms with E-state index in [1.165, 1.54) is 6.42 Å². The van der Waals surface area contributed by atoms with Gasteiger partial charge in [-0.1, -0.05) is 25.8 Å². The summed E-state index contributed by atoms with van der Waals surface area (Å²) in [5, 5.41) is 5.79. The second kappa shape index (κ2) is 7.69. The number of hydrogen-bond donors (Lipinski definition) is 2. The standard InChI is InChI=1S/C19H28N2O3/c1-13-8-5-6-11-16(13)21-17(22)14-9-7-10-15(12-14)20-18(23)24-19(2,3)4/h7,9-10,12-13,16H,5-6,8,11H2,1-4H3,(H,20,23)(H,21,22)/t13-,16-/m1/s1. The lowest BCUT2D eigenvalue weighted by atomic mass is 9.86. The number of benzene rings is 1. The molecule has 2 atom stereocenters. The summed E-state index contributed by atoms with van der Waals surface area (Å²) in [4.78, 5) is 24.3. The molecule has 2 rings (SSSR count). The van der Waals surface area contributed by atoms with E-state index in [2.05, 4.69) is 17.6 Å². The first kappa shape index (κ1) is 18.3. The molecule has 0 spiro atoms. The van der Waals surface area contributed by atoms with E-state index in [9.17, 15) is 9.59 Å². The average Bonchev–Trinajstić information content (AvgIpc) is 2.48. The van der Waals surface area contributed by atoms with E-state index in [4.69, 9.17) is 4.74 Å². The van der Waals surface area contributed by atoms with Crippen LogP contribution in [-0.2, 0) is 4.74 Å². The van der Waals surface area contributed by atoms with Gasteiger partial charge in [0.2, 0.25) is 0 Å². The van der Waals surface area contributed by atoms with Gasteiger partial charge in [0, 0.05) is 17.3 Å². The van der Waals surface area contributed by atoms with Crippen molar-refractivity contribution in [3.8, 4) is 0 Å². The summed E-state index contributed by atoms with van der Waals surface area (Å²) in [6.07, 6.45) is 4.06. The average molecular weight is 332 g/mol. The molecule has 1 fully saturated rings. The van der Waals surface area contributed by atoms with Gasteiger partial charge in [-0.15, -0.1) is 0 Å². The molecule has 1 aliphatic carbocycles. The van der Waals surface area contributed by atoms with Crippen LogP contribution in [0, 0.1) is 5.92 Å². The minimum atomic E-state index is -0.559. The molecule has 0 unspecified atom stereocenters. The first-order valence-corrected chi connectivity index (χ1v) is 8.65. The lowest BCUT2D eigenvalue weighted by Gasteiger charge is -2.29. The molecule has 24 heavy (non-hydrogen) atoms. The van der Waals surface area contributed by atoms with Crippen LogP contribution in [0.2, 0.25) is 0 Å².